The van der Waals surface area contributed by atoms with Crippen LogP contribution in [0.15, 0.2) is 0 Å². The highest BCUT2D eigenvalue weighted by molar-refractivity contribution is 5.80. The van der Waals surface area contributed by atoms with Crippen LogP contribution in [0.2, 0.25) is 0 Å². The van der Waals surface area contributed by atoms with Crippen LogP contribution < -0.4 is 0 Å². The average Bonchev–Trinajstić information content (AvgIpc) is 2.45. The van der Waals surface area contributed by atoms with E-state index in [1.165, 1.54) is 13.8 Å². The van der Waals surface area contributed by atoms with Crippen LogP contribution in [0.3, 0.4) is 0 Å². The van der Waals surface area contributed by atoms with Crippen LogP contribution in [0.1, 0.15) is 68.7 Å². The Morgan fingerprint density at radius 3 is 0.957 bits per heavy atom. The van der Waals surface area contributed by atoms with Crippen molar-refractivity contribution >= 4 is 11.6 Å². The summed E-state index contributed by atoms with van der Waals surface area (Å²) >= 11 is 0. The van der Waals surface area contributed by atoms with Crippen molar-refractivity contribution in [3.63, 3.8) is 0 Å². The minimum absolute atomic E-state index is 0.0486. The molecule has 0 fully saturated rings. The molecule has 0 aromatic carbocycles. The Morgan fingerprint density at radius 1 is 0.696 bits per heavy atom. The van der Waals surface area contributed by atoms with Gasteiger partial charge in [-0.25, -0.2) is 0 Å². The Morgan fingerprint density at radius 2 is 0.957 bits per heavy atom. The maximum absolute atomic E-state index is 10.3. The molecule has 0 aromatic heterocycles. The van der Waals surface area contributed by atoms with E-state index >= 15 is 0 Å². The molecule has 0 spiro atoms. The van der Waals surface area contributed by atoms with Crippen LogP contribution in [-0.4, -0.2) is 45.2 Å². The van der Waals surface area contributed by atoms with Gasteiger partial charge in [0.2, 0.25) is 0 Å². The highest BCUT2D eigenvalue weighted by Crippen LogP contribution is 2.03. The van der Waals surface area contributed by atoms with Gasteiger partial charge < -0.3 is 15.3 Å². The number of Topliss-reactive ketones (excluding diaryl/α,β-unsaturated/α-hetero) is 2. The van der Waals surface area contributed by atoms with Crippen LogP contribution in [0.4, 0.5) is 0 Å². The zero-order valence-electron chi connectivity index (χ0n) is 16.3. The summed E-state index contributed by atoms with van der Waals surface area (Å²) in [6, 6.07) is 0. The Kier molecular flexibility index (Phi) is 17.4. The molecule has 3 N–H and O–H groups in total. The Bertz CT molecular complexity index is 287. The zero-order chi connectivity index (χ0) is 19.3. The summed E-state index contributed by atoms with van der Waals surface area (Å²) in [6.07, 6.45) is -0.762. The molecule has 0 aliphatic rings. The van der Waals surface area contributed by atoms with Crippen molar-refractivity contribution in [1.29, 1.82) is 0 Å². The van der Waals surface area contributed by atoms with E-state index in [0.717, 1.165) is 6.42 Å². The first-order valence-corrected chi connectivity index (χ1v) is 8.34. The fourth-order valence-electron chi connectivity index (χ4n) is 1.41. The molecular formula is C18H38O5. The second-order valence-corrected chi connectivity index (χ2v) is 6.82. The normalized spacial score (nSPS) is 14.4. The number of hydrogen-bond acceptors (Lipinski definition) is 5. The standard InChI is InChI=1S/2C6H12O2.C6H14O/c2*1-4(2)6(8)5(3)7;1-4-6(7)5(2)3/h2*4,6,8H,1-3H3;5-7H,4H2,1-3H3/t6-;;6-/m1.1/s1. The molecule has 23 heavy (non-hydrogen) atoms. The first-order chi connectivity index (χ1) is 10.3. The summed E-state index contributed by atoms with van der Waals surface area (Å²) in [5, 5.41) is 26.6. The van der Waals surface area contributed by atoms with Crippen LogP contribution in [0, 0.1) is 17.8 Å². The molecule has 140 valence electrons. The lowest BCUT2D eigenvalue weighted by Crippen LogP contribution is -2.22. The van der Waals surface area contributed by atoms with Crippen molar-refractivity contribution in [3.05, 3.63) is 0 Å². The Balaban J connectivity index is -0.000000262. The largest absolute Gasteiger partial charge is 0.393 e. The van der Waals surface area contributed by atoms with Crippen LogP contribution in [0.25, 0.3) is 0 Å². The molecule has 0 saturated carbocycles. The van der Waals surface area contributed by atoms with E-state index in [-0.39, 0.29) is 29.5 Å². The molecule has 0 saturated heterocycles. The summed E-state index contributed by atoms with van der Waals surface area (Å²) in [7, 11) is 0. The van der Waals surface area contributed by atoms with Gasteiger partial charge in [-0.05, 0) is 38.0 Å². The van der Waals surface area contributed by atoms with Gasteiger partial charge in [0, 0.05) is 0 Å². The van der Waals surface area contributed by atoms with Crippen molar-refractivity contribution in [2.45, 2.75) is 87.0 Å². The first kappa shape index (κ1) is 27.1. The maximum atomic E-state index is 10.3. The van der Waals surface area contributed by atoms with E-state index in [1.807, 2.05) is 48.5 Å². The SMILES string of the molecule is CC(=O)C(O)C(C)C.CC(=O)[C@H](O)C(C)C.CC[C@@H](O)C(C)C. The third-order valence-electron chi connectivity index (χ3n) is 3.28. The van der Waals surface area contributed by atoms with E-state index < -0.39 is 12.2 Å². The van der Waals surface area contributed by atoms with Crippen LogP contribution in [-0.2, 0) is 9.59 Å². The van der Waals surface area contributed by atoms with Gasteiger partial charge in [0.15, 0.2) is 11.6 Å². The van der Waals surface area contributed by atoms with Gasteiger partial charge in [0.25, 0.3) is 0 Å². The monoisotopic (exact) mass is 334 g/mol. The van der Waals surface area contributed by atoms with Crippen LogP contribution >= 0.6 is 0 Å². The van der Waals surface area contributed by atoms with Crippen molar-refractivity contribution < 1.29 is 24.9 Å². The van der Waals surface area contributed by atoms with Crippen molar-refractivity contribution in [1.82, 2.24) is 0 Å². The maximum Gasteiger partial charge on any atom is 0.158 e. The summed E-state index contributed by atoms with van der Waals surface area (Å²) < 4.78 is 0. The molecule has 1 unspecified atom stereocenters. The lowest BCUT2D eigenvalue weighted by Gasteiger charge is -2.09. The van der Waals surface area contributed by atoms with Crippen LogP contribution in [0.5, 0.6) is 0 Å². The number of aliphatic hydroxyl groups is 3. The number of hydrogen-bond donors (Lipinski definition) is 3. The molecule has 0 amide bonds. The zero-order valence-corrected chi connectivity index (χ0v) is 16.3. The fraction of sp³-hybridized carbons (Fsp3) is 0.889. The molecule has 0 radical (unpaired) electrons. The van der Waals surface area contributed by atoms with Gasteiger partial charge in [0.1, 0.15) is 12.2 Å². The first-order valence-electron chi connectivity index (χ1n) is 8.34. The molecule has 5 nitrogen and oxygen atoms in total. The van der Waals surface area contributed by atoms with E-state index in [0.29, 0.717) is 5.92 Å². The minimum Gasteiger partial charge on any atom is -0.393 e. The molecule has 0 aliphatic carbocycles. The van der Waals surface area contributed by atoms with Gasteiger partial charge in [0.05, 0.1) is 6.10 Å². The molecule has 0 aliphatic heterocycles. The van der Waals surface area contributed by atoms with Gasteiger partial charge in [-0.2, -0.15) is 0 Å². The van der Waals surface area contributed by atoms with Gasteiger partial charge in [-0.3, -0.25) is 9.59 Å². The lowest BCUT2D eigenvalue weighted by molar-refractivity contribution is -0.127. The van der Waals surface area contributed by atoms with Gasteiger partial charge >= 0.3 is 0 Å². The highest BCUT2D eigenvalue weighted by Gasteiger charge is 2.13. The van der Waals surface area contributed by atoms with E-state index in [4.69, 9.17) is 15.3 Å². The van der Waals surface area contributed by atoms with Crippen molar-refractivity contribution in [2.24, 2.45) is 17.8 Å². The number of carbonyl (C=O) groups is 2. The molecular weight excluding hydrogens is 296 g/mol. The number of ketones is 2. The second-order valence-electron chi connectivity index (χ2n) is 6.82. The van der Waals surface area contributed by atoms with Crippen molar-refractivity contribution in [3.8, 4) is 0 Å². The number of aliphatic hydroxyl groups excluding tert-OH is 3. The van der Waals surface area contributed by atoms with Gasteiger partial charge in [-0.1, -0.05) is 48.5 Å². The molecule has 0 heterocycles. The van der Waals surface area contributed by atoms with Crippen molar-refractivity contribution in [2.75, 3.05) is 0 Å². The molecule has 5 heteroatoms. The molecule has 3 atom stereocenters. The third kappa shape index (κ3) is 17.4. The fourth-order valence-corrected chi connectivity index (χ4v) is 1.41. The molecule has 0 rings (SSSR count). The minimum atomic E-state index is -0.769. The van der Waals surface area contributed by atoms with E-state index in [1.54, 1.807) is 0 Å². The van der Waals surface area contributed by atoms with E-state index in [9.17, 15) is 9.59 Å². The molecule has 0 aromatic rings. The summed E-state index contributed by atoms with van der Waals surface area (Å²) in [5.74, 6) is 0.213. The predicted octanol–water partition coefficient (Wildman–Crippen LogP) is 2.60. The average molecular weight is 334 g/mol. The summed E-state index contributed by atoms with van der Waals surface area (Å²) in [6.45, 7) is 16.1. The summed E-state index contributed by atoms with van der Waals surface area (Å²) in [4.78, 5) is 20.7. The Hall–Kier alpha value is -0.780. The summed E-state index contributed by atoms with van der Waals surface area (Å²) in [5.41, 5.74) is 0. The smallest absolute Gasteiger partial charge is 0.158 e. The predicted molar refractivity (Wildman–Crippen MR) is 94.2 cm³/mol. The lowest BCUT2D eigenvalue weighted by atomic mass is 10.1. The quantitative estimate of drug-likeness (QED) is 0.694. The molecule has 0 bridgehead atoms. The second kappa shape index (κ2) is 14.8. The van der Waals surface area contributed by atoms with Gasteiger partial charge in [-0.15, -0.1) is 0 Å². The Labute approximate surface area is 142 Å². The highest BCUT2D eigenvalue weighted by atomic mass is 16.3. The number of rotatable bonds is 6. The number of carbonyl (C=O) groups excluding carboxylic acids is 2. The third-order valence-corrected chi connectivity index (χ3v) is 3.28. The van der Waals surface area contributed by atoms with E-state index in [2.05, 4.69) is 0 Å². The topological polar surface area (TPSA) is 94.8 Å².